The minimum Gasteiger partial charge on any atom is -0.395 e. The third-order valence-electron chi connectivity index (χ3n) is 2.81. The molecule has 0 saturated carbocycles. The van der Waals surface area contributed by atoms with Gasteiger partial charge in [-0.1, -0.05) is 17.9 Å². The van der Waals surface area contributed by atoms with E-state index in [1.165, 1.54) is 4.88 Å². The minimum atomic E-state index is -0.105. The van der Waals surface area contributed by atoms with E-state index in [9.17, 15) is 4.79 Å². The Morgan fingerprint density at radius 2 is 2.19 bits per heavy atom. The average Bonchev–Trinajstić information content (AvgIpc) is 2.91. The Balaban J connectivity index is 1.99. The van der Waals surface area contributed by atoms with Crippen LogP contribution in [0.1, 0.15) is 32.1 Å². The van der Waals surface area contributed by atoms with Crippen molar-refractivity contribution in [1.82, 2.24) is 5.32 Å². The molecule has 0 atom stereocenters. The fourth-order valence-electron chi connectivity index (χ4n) is 1.81. The van der Waals surface area contributed by atoms with Gasteiger partial charge in [0.2, 0.25) is 0 Å². The Bertz CT molecular complexity index is 679. The first-order chi connectivity index (χ1) is 10.2. The number of thiophene rings is 1. The van der Waals surface area contributed by atoms with Crippen LogP contribution in [0.25, 0.3) is 0 Å². The van der Waals surface area contributed by atoms with Gasteiger partial charge in [0.25, 0.3) is 5.91 Å². The number of aliphatic hydroxyl groups excluding tert-OH is 1. The second kappa shape index (κ2) is 7.63. The Morgan fingerprint density at radius 3 is 2.90 bits per heavy atom. The fourth-order valence-corrected chi connectivity index (χ4v) is 2.64. The number of amides is 1. The molecule has 0 radical (unpaired) electrons. The van der Waals surface area contributed by atoms with E-state index in [0.717, 1.165) is 10.4 Å². The van der Waals surface area contributed by atoms with Crippen molar-refractivity contribution in [2.24, 2.45) is 0 Å². The topological polar surface area (TPSA) is 49.3 Å². The molecule has 0 aliphatic rings. The first-order valence-corrected chi connectivity index (χ1v) is 7.54. The van der Waals surface area contributed by atoms with Crippen LogP contribution in [-0.2, 0) is 6.54 Å². The Morgan fingerprint density at radius 1 is 1.33 bits per heavy atom. The lowest BCUT2D eigenvalue weighted by Crippen LogP contribution is -2.22. The van der Waals surface area contributed by atoms with Crippen LogP contribution < -0.4 is 5.32 Å². The predicted octanol–water partition coefficient (Wildman–Crippen LogP) is 2.72. The zero-order chi connectivity index (χ0) is 15.1. The molecule has 1 aromatic heterocycles. The summed E-state index contributed by atoms with van der Waals surface area (Å²) in [6, 6.07) is 11.3. The number of hydrogen-bond donors (Lipinski definition) is 2. The molecule has 0 fully saturated rings. The SMILES string of the molecule is Cc1ccc(CNC(=O)c2cccc(C#CCCO)c2)s1. The van der Waals surface area contributed by atoms with Crippen LogP contribution in [0, 0.1) is 18.8 Å². The Hall–Kier alpha value is -2.09. The summed E-state index contributed by atoms with van der Waals surface area (Å²) >= 11 is 1.68. The standard InChI is InChI=1S/C17H17NO2S/c1-13-8-9-16(21-13)12-18-17(20)15-7-4-6-14(11-15)5-2-3-10-19/h4,6-9,11,19H,3,10,12H2,1H3,(H,18,20). The van der Waals surface area contributed by atoms with Crippen molar-refractivity contribution in [2.45, 2.75) is 19.9 Å². The lowest BCUT2D eigenvalue weighted by Gasteiger charge is -2.04. The van der Waals surface area contributed by atoms with Gasteiger partial charge in [0.15, 0.2) is 0 Å². The summed E-state index contributed by atoms with van der Waals surface area (Å²) in [5.41, 5.74) is 1.38. The molecule has 1 aromatic carbocycles. The van der Waals surface area contributed by atoms with E-state index in [4.69, 9.17) is 5.11 Å². The number of hydrogen-bond acceptors (Lipinski definition) is 3. The van der Waals surface area contributed by atoms with Crippen molar-refractivity contribution in [3.8, 4) is 11.8 Å². The largest absolute Gasteiger partial charge is 0.395 e. The van der Waals surface area contributed by atoms with E-state index in [1.54, 1.807) is 23.5 Å². The molecule has 1 amide bonds. The van der Waals surface area contributed by atoms with Gasteiger partial charge in [0.1, 0.15) is 0 Å². The molecule has 1 heterocycles. The molecule has 3 nitrogen and oxygen atoms in total. The molecule has 0 saturated heterocycles. The summed E-state index contributed by atoms with van der Waals surface area (Å²) in [4.78, 5) is 14.5. The van der Waals surface area contributed by atoms with Gasteiger partial charge in [-0.2, -0.15) is 0 Å². The molecule has 0 aliphatic heterocycles. The molecule has 2 N–H and O–H groups in total. The Labute approximate surface area is 128 Å². The van der Waals surface area contributed by atoms with Gasteiger partial charge >= 0.3 is 0 Å². The summed E-state index contributed by atoms with van der Waals surface area (Å²) in [5, 5.41) is 11.6. The molecule has 0 spiro atoms. The predicted molar refractivity (Wildman–Crippen MR) is 85.2 cm³/mol. The first kappa shape index (κ1) is 15.3. The molecular formula is C17H17NO2S. The molecule has 2 aromatic rings. The maximum atomic E-state index is 12.1. The van der Waals surface area contributed by atoms with E-state index >= 15 is 0 Å². The molecule has 0 bridgehead atoms. The van der Waals surface area contributed by atoms with Crippen LogP contribution in [-0.4, -0.2) is 17.6 Å². The second-order valence-electron chi connectivity index (χ2n) is 4.55. The van der Waals surface area contributed by atoms with E-state index < -0.39 is 0 Å². The summed E-state index contributed by atoms with van der Waals surface area (Å²) < 4.78 is 0. The number of aryl methyl sites for hydroxylation is 1. The molecule has 0 aliphatic carbocycles. The highest BCUT2D eigenvalue weighted by Gasteiger charge is 2.06. The van der Waals surface area contributed by atoms with Crippen LogP contribution in [0.15, 0.2) is 36.4 Å². The summed E-state index contributed by atoms with van der Waals surface area (Å²) in [7, 11) is 0. The number of carbonyl (C=O) groups excluding carboxylic acids is 1. The van der Waals surface area contributed by atoms with Gasteiger partial charge in [0.05, 0.1) is 13.2 Å². The van der Waals surface area contributed by atoms with E-state index in [2.05, 4.69) is 17.2 Å². The van der Waals surface area contributed by atoms with Gasteiger partial charge in [-0.25, -0.2) is 0 Å². The lowest BCUT2D eigenvalue weighted by molar-refractivity contribution is 0.0951. The summed E-state index contributed by atoms with van der Waals surface area (Å²) in [6.45, 7) is 2.63. The van der Waals surface area contributed by atoms with Crippen LogP contribution in [0.3, 0.4) is 0 Å². The van der Waals surface area contributed by atoms with E-state index in [1.807, 2.05) is 31.2 Å². The quantitative estimate of drug-likeness (QED) is 0.853. The first-order valence-electron chi connectivity index (χ1n) is 6.72. The number of aliphatic hydroxyl groups is 1. The highest BCUT2D eigenvalue weighted by atomic mass is 32.1. The number of rotatable bonds is 4. The summed E-state index contributed by atoms with van der Waals surface area (Å²) in [6.07, 6.45) is 0.439. The van der Waals surface area contributed by atoms with Gasteiger partial charge in [-0.05, 0) is 37.3 Å². The van der Waals surface area contributed by atoms with Gasteiger partial charge in [-0.15, -0.1) is 11.3 Å². The van der Waals surface area contributed by atoms with Crippen molar-refractivity contribution in [1.29, 1.82) is 0 Å². The van der Waals surface area contributed by atoms with Crippen LogP contribution in [0.2, 0.25) is 0 Å². The lowest BCUT2D eigenvalue weighted by atomic mass is 10.1. The van der Waals surface area contributed by atoms with Gasteiger partial charge in [-0.3, -0.25) is 4.79 Å². The maximum Gasteiger partial charge on any atom is 0.251 e. The molecular weight excluding hydrogens is 282 g/mol. The molecule has 4 heteroatoms. The van der Waals surface area contributed by atoms with Crippen LogP contribution in [0.5, 0.6) is 0 Å². The van der Waals surface area contributed by atoms with Crippen molar-refractivity contribution < 1.29 is 9.90 Å². The highest BCUT2D eigenvalue weighted by molar-refractivity contribution is 7.11. The average molecular weight is 299 g/mol. The van der Waals surface area contributed by atoms with Crippen molar-refractivity contribution >= 4 is 17.2 Å². The number of benzene rings is 1. The molecule has 108 valence electrons. The number of carbonyl (C=O) groups is 1. The Kier molecular flexibility index (Phi) is 5.56. The number of nitrogens with one attached hydrogen (secondary N) is 1. The highest BCUT2D eigenvalue weighted by Crippen LogP contribution is 2.14. The zero-order valence-electron chi connectivity index (χ0n) is 11.8. The van der Waals surface area contributed by atoms with Crippen molar-refractivity contribution in [3.05, 3.63) is 57.3 Å². The smallest absolute Gasteiger partial charge is 0.251 e. The monoisotopic (exact) mass is 299 g/mol. The third kappa shape index (κ3) is 4.75. The second-order valence-corrected chi connectivity index (χ2v) is 5.92. The fraction of sp³-hybridized carbons (Fsp3) is 0.235. The molecule has 2 rings (SSSR count). The van der Waals surface area contributed by atoms with E-state index in [0.29, 0.717) is 18.5 Å². The van der Waals surface area contributed by atoms with Crippen molar-refractivity contribution in [2.75, 3.05) is 6.61 Å². The zero-order valence-corrected chi connectivity index (χ0v) is 12.7. The van der Waals surface area contributed by atoms with E-state index in [-0.39, 0.29) is 12.5 Å². The summed E-state index contributed by atoms with van der Waals surface area (Å²) in [5.74, 6) is 5.67. The minimum absolute atomic E-state index is 0.0490. The molecule has 0 unspecified atom stereocenters. The van der Waals surface area contributed by atoms with Crippen molar-refractivity contribution in [3.63, 3.8) is 0 Å². The molecule has 21 heavy (non-hydrogen) atoms. The van der Waals surface area contributed by atoms with Gasteiger partial charge < -0.3 is 10.4 Å². The van der Waals surface area contributed by atoms with Gasteiger partial charge in [0, 0.05) is 27.3 Å². The van der Waals surface area contributed by atoms with Crippen LogP contribution >= 0.6 is 11.3 Å². The maximum absolute atomic E-state index is 12.1. The third-order valence-corrected chi connectivity index (χ3v) is 3.81. The normalized spacial score (nSPS) is 9.81. The van der Waals surface area contributed by atoms with Crippen LogP contribution in [0.4, 0.5) is 0 Å².